The van der Waals surface area contributed by atoms with E-state index in [0.29, 0.717) is 16.5 Å². The highest BCUT2D eigenvalue weighted by molar-refractivity contribution is 8.04. The van der Waals surface area contributed by atoms with Gasteiger partial charge >= 0.3 is 11.9 Å². The molecular weight excluding hydrogens is 386 g/mol. The molecule has 0 bridgehead atoms. The van der Waals surface area contributed by atoms with Crippen LogP contribution < -0.4 is 9.47 Å². The summed E-state index contributed by atoms with van der Waals surface area (Å²) < 4.78 is 20.5. The molecule has 1 aliphatic rings. The molecule has 1 aromatic rings. The van der Waals surface area contributed by atoms with Gasteiger partial charge in [0.25, 0.3) is 0 Å². The number of amides is 1. The lowest BCUT2D eigenvalue weighted by atomic mass is 10.1. The molecule has 1 heterocycles. The third kappa shape index (κ3) is 5.91. The smallest absolute Gasteiger partial charge is 0.333 e. The van der Waals surface area contributed by atoms with Crippen molar-refractivity contribution in [3.05, 3.63) is 34.9 Å². The zero-order chi connectivity index (χ0) is 20.5. The summed E-state index contributed by atoms with van der Waals surface area (Å²) >= 11 is 1.25. The Morgan fingerprint density at radius 1 is 1.18 bits per heavy atom. The van der Waals surface area contributed by atoms with Gasteiger partial charge in [0.1, 0.15) is 6.61 Å². The summed E-state index contributed by atoms with van der Waals surface area (Å²) in [4.78, 5) is 37.0. The van der Waals surface area contributed by atoms with E-state index in [-0.39, 0.29) is 37.8 Å². The molecule has 0 aliphatic carbocycles. The fourth-order valence-corrected chi connectivity index (χ4v) is 3.47. The SMILES string of the molecule is CCOC(=O)/C=C1\SCC(=O)N1CCOC(=O)Cc1ccc(OC)c(OC)c1. The molecule has 1 fully saturated rings. The molecule has 0 aromatic heterocycles. The standard InChI is InChI=1S/C19H23NO7S/c1-4-26-19(23)11-17-20(16(21)12-28-17)7-8-27-18(22)10-13-5-6-14(24-2)15(9-13)25-3/h5-6,9,11H,4,7-8,10,12H2,1-3H3/b17-11-. The van der Waals surface area contributed by atoms with Gasteiger partial charge in [-0.2, -0.15) is 0 Å². The zero-order valence-electron chi connectivity index (χ0n) is 16.1. The van der Waals surface area contributed by atoms with Crippen molar-refractivity contribution in [3.63, 3.8) is 0 Å². The number of hydrogen-bond acceptors (Lipinski definition) is 8. The Kier molecular flexibility index (Phi) is 8.19. The Morgan fingerprint density at radius 2 is 1.93 bits per heavy atom. The van der Waals surface area contributed by atoms with Crippen molar-refractivity contribution < 1.29 is 33.3 Å². The maximum absolute atomic E-state index is 12.1. The van der Waals surface area contributed by atoms with Crippen LogP contribution in [0.1, 0.15) is 12.5 Å². The molecule has 0 radical (unpaired) electrons. The van der Waals surface area contributed by atoms with Gasteiger partial charge in [-0.1, -0.05) is 17.8 Å². The second kappa shape index (κ2) is 10.6. The minimum absolute atomic E-state index is 0.0264. The second-order valence-corrected chi connectivity index (χ2v) is 6.65. The van der Waals surface area contributed by atoms with Gasteiger partial charge in [-0.25, -0.2) is 4.79 Å². The number of benzene rings is 1. The van der Waals surface area contributed by atoms with Crippen molar-refractivity contribution in [1.82, 2.24) is 4.90 Å². The molecule has 1 aromatic carbocycles. The number of rotatable bonds is 9. The minimum atomic E-state index is -0.504. The number of thioether (sulfide) groups is 1. The second-order valence-electron chi connectivity index (χ2n) is 5.66. The summed E-state index contributed by atoms with van der Waals surface area (Å²) in [5.74, 6) is 0.270. The third-order valence-corrected chi connectivity index (χ3v) is 4.84. The number of methoxy groups -OCH3 is 2. The largest absolute Gasteiger partial charge is 0.493 e. The van der Waals surface area contributed by atoms with E-state index < -0.39 is 11.9 Å². The number of carbonyl (C=O) groups is 3. The van der Waals surface area contributed by atoms with E-state index in [1.165, 1.54) is 37.0 Å². The van der Waals surface area contributed by atoms with Crippen LogP contribution in [0.2, 0.25) is 0 Å². The first kappa shape index (κ1) is 21.6. The average molecular weight is 409 g/mol. The van der Waals surface area contributed by atoms with Gasteiger partial charge in [-0.05, 0) is 24.6 Å². The predicted octanol–water partition coefficient (Wildman–Crippen LogP) is 1.77. The van der Waals surface area contributed by atoms with Crippen molar-refractivity contribution in [1.29, 1.82) is 0 Å². The van der Waals surface area contributed by atoms with E-state index in [0.717, 1.165) is 5.56 Å². The van der Waals surface area contributed by atoms with Gasteiger partial charge in [-0.3, -0.25) is 9.59 Å². The number of hydrogen-bond donors (Lipinski definition) is 0. The molecule has 0 N–H and O–H groups in total. The van der Waals surface area contributed by atoms with Gasteiger partial charge in [-0.15, -0.1) is 0 Å². The number of carbonyl (C=O) groups excluding carboxylic acids is 3. The first-order valence-corrected chi connectivity index (χ1v) is 9.65. The Labute approximate surface area is 167 Å². The van der Waals surface area contributed by atoms with Crippen LogP contribution in [0.25, 0.3) is 0 Å². The van der Waals surface area contributed by atoms with Gasteiger partial charge in [0, 0.05) is 0 Å². The van der Waals surface area contributed by atoms with Crippen LogP contribution in [-0.4, -0.2) is 62.5 Å². The van der Waals surface area contributed by atoms with E-state index in [1.54, 1.807) is 25.1 Å². The van der Waals surface area contributed by atoms with Crippen LogP contribution in [0, 0.1) is 0 Å². The summed E-state index contributed by atoms with van der Waals surface area (Å²) in [6.07, 6.45) is 1.35. The lowest BCUT2D eigenvalue weighted by Crippen LogP contribution is -2.29. The maximum atomic E-state index is 12.1. The minimum Gasteiger partial charge on any atom is -0.493 e. The monoisotopic (exact) mass is 409 g/mol. The van der Waals surface area contributed by atoms with Crippen LogP contribution >= 0.6 is 11.8 Å². The van der Waals surface area contributed by atoms with E-state index in [1.807, 2.05) is 0 Å². The summed E-state index contributed by atoms with van der Waals surface area (Å²) in [6.45, 7) is 2.17. The molecule has 1 amide bonds. The molecule has 1 aliphatic heterocycles. The Hall–Kier alpha value is -2.68. The van der Waals surface area contributed by atoms with Crippen LogP contribution in [0.5, 0.6) is 11.5 Å². The molecule has 152 valence electrons. The number of esters is 2. The highest BCUT2D eigenvalue weighted by Gasteiger charge is 2.27. The van der Waals surface area contributed by atoms with Gasteiger partial charge in [0.15, 0.2) is 11.5 Å². The molecule has 0 atom stereocenters. The quantitative estimate of drug-likeness (QED) is 0.450. The van der Waals surface area contributed by atoms with Crippen molar-refractivity contribution in [3.8, 4) is 11.5 Å². The molecule has 2 rings (SSSR count). The van der Waals surface area contributed by atoms with Crippen molar-refractivity contribution in [2.45, 2.75) is 13.3 Å². The Bertz CT molecular complexity index is 763. The Balaban J connectivity index is 1.87. The van der Waals surface area contributed by atoms with E-state index in [9.17, 15) is 14.4 Å². The van der Waals surface area contributed by atoms with Crippen molar-refractivity contribution >= 4 is 29.6 Å². The molecule has 0 unspecified atom stereocenters. The van der Waals surface area contributed by atoms with Crippen LogP contribution in [-0.2, 0) is 30.3 Å². The molecule has 1 saturated heterocycles. The molecule has 28 heavy (non-hydrogen) atoms. The first-order valence-electron chi connectivity index (χ1n) is 8.66. The summed E-state index contributed by atoms with van der Waals surface area (Å²) in [5.41, 5.74) is 0.721. The Morgan fingerprint density at radius 3 is 2.61 bits per heavy atom. The first-order chi connectivity index (χ1) is 13.5. The molecular formula is C19H23NO7S. The highest BCUT2D eigenvalue weighted by Crippen LogP contribution is 2.29. The van der Waals surface area contributed by atoms with Crippen LogP contribution in [0.3, 0.4) is 0 Å². The predicted molar refractivity (Wildman–Crippen MR) is 103 cm³/mol. The van der Waals surface area contributed by atoms with Gasteiger partial charge < -0.3 is 23.8 Å². The van der Waals surface area contributed by atoms with Crippen molar-refractivity contribution in [2.24, 2.45) is 0 Å². The summed E-state index contributed by atoms with van der Waals surface area (Å²) in [5, 5.41) is 0.499. The van der Waals surface area contributed by atoms with E-state index in [2.05, 4.69) is 0 Å². The van der Waals surface area contributed by atoms with E-state index >= 15 is 0 Å². The van der Waals surface area contributed by atoms with Crippen LogP contribution in [0.15, 0.2) is 29.3 Å². The molecule has 0 spiro atoms. The maximum Gasteiger partial charge on any atom is 0.333 e. The summed E-state index contributed by atoms with van der Waals surface area (Å²) in [7, 11) is 3.06. The number of ether oxygens (including phenoxy) is 4. The van der Waals surface area contributed by atoms with Gasteiger partial charge in [0.2, 0.25) is 5.91 Å². The molecule has 9 heteroatoms. The third-order valence-electron chi connectivity index (χ3n) is 3.81. The fraction of sp³-hybridized carbons (Fsp3) is 0.421. The number of nitrogens with zero attached hydrogens (tertiary/aromatic N) is 1. The van der Waals surface area contributed by atoms with Gasteiger partial charge in [0.05, 0.1) is 50.7 Å². The zero-order valence-corrected chi connectivity index (χ0v) is 16.9. The highest BCUT2D eigenvalue weighted by atomic mass is 32.2. The average Bonchev–Trinajstić information content (AvgIpc) is 3.01. The topological polar surface area (TPSA) is 91.4 Å². The fourth-order valence-electron chi connectivity index (χ4n) is 2.51. The normalized spacial score (nSPS) is 14.9. The van der Waals surface area contributed by atoms with Crippen molar-refractivity contribution in [2.75, 3.05) is 39.7 Å². The molecule has 0 saturated carbocycles. The van der Waals surface area contributed by atoms with E-state index in [4.69, 9.17) is 18.9 Å². The molecule has 8 nitrogen and oxygen atoms in total. The summed E-state index contributed by atoms with van der Waals surface area (Å²) in [6, 6.07) is 5.18. The lowest BCUT2D eigenvalue weighted by molar-refractivity contribution is -0.144. The van der Waals surface area contributed by atoms with Crippen LogP contribution in [0.4, 0.5) is 0 Å². The lowest BCUT2D eigenvalue weighted by Gasteiger charge is -2.17.